The van der Waals surface area contributed by atoms with Crippen LogP contribution in [0.5, 0.6) is 0 Å². The first kappa shape index (κ1) is 13.4. The van der Waals surface area contributed by atoms with Crippen LogP contribution in [-0.2, 0) is 6.54 Å². The summed E-state index contributed by atoms with van der Waals surface area (Å²) in [4.78, 5) is 14.7. The number of hydrogen-bond acceptors (Lipinski definition) is 2. The maximum atomic E-state index is 12.7. The van der Waals surface area contributed by atoms with Gasteiger partial charge in [0.05, 0.1) is 0 Å². The van der Waals surface area contributed by atoms with E-state index in [1.807, 2.05) is 73.0 Å². The minimum absolute atomic E-state index is 0.132. The zero-order chi connectivity index (χ0) is 14.5. The van der Waals surface area contributed by atoms with Crippen LogP contribution < -0.4 is 0 Å². The molecule has 0 bridgehead atoms. The molecule has 3 rings (SSSR count). The van der Waals surface area contributed by atoms with Gasteiger partial charge in [-0.1, -0.05) is 72.8 Å². The van der Waals surface area contributed by atoms with Crippen molar-refractivity contribution < 1.29 is 4.79 Å². The molecule has 0 radical (unpaired) electrons. The minimum atomic E-state index is -0.238. The first-order valence-corrected chi connectivity index (χ1v) is 7.08. The fourth-order valence-electron chi connectivity index (χ4n) is 2.49. The van der Waals surface area contributed by atoms with Crippen molar-refractivity contribution in [2.75, 3.05) is 0 Å². The number of Topliss-reactive ketones (excluding diaryl/α,β-unsaturated/α-hetero) is 1. The number of carbonyl (C=O) groups is 1. The molecule has 1 unspecified atom stereocenters. The van der Waals surface area contributed by atoms with Crippen LogP contribution in [0.15, 0.2) is 85.1 Å². The summed E-state index contributed by atoms with van der Waals surface area (Å²) >= 11 is 0. The smallest absolute Gasteiger partial charge is 0.189 e. The Bertz CT molecular complexity index is 658. The van der Waals surface area contributed by atoms with Crippen molar-refractivity contribution in [3.05, 3.63) is 96.2 Å². The van der Waals surface area contributed by atoms with Crippen LogP contribution in [0.1, 0.15) is 15.9 Å². The van der Waals surface area contributed by atoms with E-state index in [0.29, 0.717) is 0 Å². The average Bonchev–Trinajstić information content (AvgIpc) is 2.56. The van der Waals surface area contributed by atoms with Gasteiger partial charge in [-0.2, -0.15) is 0 Å². The molecule has 2 aromatic carbocycles. The molecule has 1 heterocycles. The standard InChI is InChI=1S/C19H17NO/c21-19(17-11-5-2-6-12-17)18-13-7-8-14-20(18)15-16-9-3-1-4-10-16/h1-14,18H,15H2. The van der Waals surface area contributed by atoms with Gasteiger partial charge >= 0.3 is 0 Å². The van der Waals surface area contributed by atoms with Crippen molar-refractivity contribution in [1.82, 2.24) is 4.90 Å². The maximum Gasteiger partial charge on any atom is 0.189 e. The third-order valence-corrected chi connectivity index (χ3v) is 3.57. The molecular formula is C19H17NO. The molecule has 0 aromatic heterocycles. The van der Waals surface area contributed by atoms with Gasteiger partial charge in [-0.05, 0) is 11.6 Å². The predicted octanol–water partition coefficient (Wildman–Crippen LogP) is 3.82. The number of rotatable bonds is 4. The second kappa shape index (κ2) is 6.23. The molecule has 2 nitrogen and oxygen atoms in total. The summed E-state index contributed by atoms with van der Waals surface area (Å²) in [5.41, 5.74) is 1.95. The van der Waals surface area contributed by atoms with Crippen molar-refractivity contribution >= 4 is 5.78 Å². The summed E-state index contributed by atoms with van der Waals surface area (Å²) in [6.45, 7) is 0.727. The summed E-state index contributed by atoms with van der Waals surface area (Å²) in [6.07, 6.45) is 7.85. The summed E-state index contributed by atoms with van der Waals surface area (Å²) in [5, 5.41) is 0. The Morgan fingerprint density at radius 2 is 1.57 bits per heavy atom. The molecule has 2 heteroatoms. The molecule has 0 N–H and O–H groups in total. The molecule has 2 aromatic rings. The van der Waals surface area contributed by atoms with E-state index >= 15 is 0 Å². The van der Waals surface area contributed by atoms with E-state index in [-0.39, 0.29) is 11.8 Å². The first-order chi connectivity index (χ1) is 10.3. The molecule has 104 valence electrons. The van der Waals surface area contributed by atoms with Gasteiger partial charge in [0.25, 0.3) is 0 Å². The highest BCUT2D eigenvalue weighted by atomic mass is 16.1. The van der Waals surface area contributed by atoms with E-state index in [2.05, 4.69) is 17.0 Å². The van der Waals surface area contributed by atoms with Crippen molar-refractivity contribution in [3.63, 3.8) is 0 Å². The van der Waals surface area contributed by atoms with Crippen molar-refractivity contribution in [2.45, 2.75) is 12.6 Å². The van der Waals surface area contributed by atoms with Gasteiger partial charge in [0, 0.05) is 18.3 Å². The van der Waals surface area contributed by atoms with E-state index in [1.54, 1.807) is 0 Å². The molecule has 21 heavy (non-hydrogen) atoms. The molecule has 0 saturated heterocycles. The third-order valence-electron chi connectivity index (χ3n) is 3.57. The zero-order valence-electron chi connectivity index (χ0n) is 11.7. The molecule has 0 aliphatic carbocycles. The normalized spacial score (nSPS) is 17.0. The quantitative estimate of drug-likeness (QED) is 0.790. The van der Waals surface area contributed by atoms with Crippen LogP contribution in [-0.4, -0.2) is 16.7 Å². The van der Waals surface area contributed by atoms with Gasteiger partial charge in [-0.25, -0.2) is 0 Å². The number of nitrogens with zero attached hydrogens (tertiary/aromatic N) is 1. The number of allylic oxidation sites excluding steroid dienone is 2. The number of benzene rings is 2. The van der Waals surface area contributed by atoms with Crippen LogP contribution in [0.2, 0.25) is 0 Å². The average molecular weight is 275 g/mol. The minimum Gasteiger partial charge on any atom is -0.359 e. The molecule has 0 fully saturated rings. The lowest BCUT2D eigenvalue weighted by Gasteiger charge is -2.29. The highest BCUT2D eigenvalue weighted by Crippen LogP contribution is 2.17. The molecular weight excluding hydrogens is 258 g/mol. The SMILES string of the molecule is O=C(c1ccccc1)C1C=CC=CN1Cc1ccccc1. The second-order valence-corrected chi connectivity index (χ2v) is 5.06. The Labute approximate surface area is 125 Å². The van der Waals surface area contributed by atoms with Crippen LogP contribution in [0.3, 0.4) is 0 Å². The molecule has 1 atom stereocenters. The summed E-state index contributed by atoms with van der Waals surface area (Å²) in [5.74, 6) is 0.132. The van der Waals surface area contributed by atoms with Gasteiger partial charge in [-0.3, -0.25) is 4.79 Å². The van der Waals surface area contributed by atoms with E-state index in [1.165, 1.54) is 5.56 Å². The van der Waals surface area contributed by atoms with Gasteiger partial charge in [0.1, 0.15) is 6.04 Å². The lowest BCUT2D eigenvalue weighted by Crippen LogP contribution is -2.37. The van der Waals surface area contributed by atoms with E-state index in [9.17, 15) is 4.79 Å². The largest absolute Gasteiger partial charge is 0.359 e. The van der Waals surface area contributed by atoms with Gasteiger partial charge < -0.3 is 4.90 Å². The lowest BCUT2D eigenvalue weighted by atomic mass is 10.0. The Balaban J connectivity index is 1.81. The molecule has 0 saturated carbocycles. The Morgan fingerprint density at radius 1 is 0.905 bits per heavy atom. The summed E-state index contributed by atoms with van der Waals surface area (Å²) in [7, 11) is 0. The van der Waals surface area contributed by atoms with Crippen LogP contribution in [0.4, 0.5) is 0 Å². The Kier molecular flexibility index (Phi) is 3.97. The van der Waals surface area contributed by atoms with Crippen molar-refractivity contribution in [3.8, 4) is 0 Å². The van der Waals surface area contributed by atoms with E-state index < -0.39 is 0 Å². The summed E-state index contributed by atoms with van der Waals surface area (Å²) in [6, 6.07) is 19.4. The molecule has 0 spiro atoms. The van der Waals surface area contributed by atoms with E-state index in [0.717, 1.165) is 12.1 Å². The first-order valence-electron chi connectivity index (χ1n) is 7.08. The molecule has 0 amide bonds. The molecule has 1 aliphatic heterocycles. The van der Waals surface area contributed by atoms with Crippen molar-refractivity contribution in [2.24, 2.45) is 0 Å². The fourth-order valence-corrected chi connectivity index (χ4v) is 2.49. The maximum absolute atomic E-state index is 12.7. The van der Waals surface area contributed by atoms with Gasteiger partial charge in [0.2, 0.25) is 0 Å². The lowest BCUT2D eigenvalue weighted by molar-refractivity contribution is 0.0902. The third kappa shape index (κ3) is 3.11. The topological polar surface area (TPSA) is 20.3 Å². The monoisotopic (exact) mass is 275 g/mol. The zero-order valence-corrected chi connectivity index (χ0v) is 11.7. The van der Waals surface area contributed by atoms with Crippen LogP contribution in [0.25, 0.3) is 0 Å². The second-order valence-electron chi connectivity index (χ2n) is 5.06. The van der Waals surface area contributed by atoms with Crippen LogP contribution in [0, 0.1) is 0 Å². The number of ketones is 1. The Morgan fingerprint density at radius 3 is 2.29 bits per heavy atom. The highest BCUT2D eigenvalue weighted by Gasteiger charge is 2.23. The van der Waals surface area contributed by atoms with Gasteiger partial charge in [0.15, 0.2) is 5.78 Å². The van der Waals surface area contributed by atoms with E-state index in [4.69, 9.17) is 0 Å². The fraction of sp³-hybridized carbons (Fsp3) is 0.105. The Hall–Kier alpha value is -2.61. The highest BCUT2D eigenvalue weighted by molar-refractivity contribution is 6.01. The predicted molar refractivity (Wildman–Crippen MR) is 84.8 cm³/mol. The number of carbonyl (C=O) groups excluding carboxylic acids is 1. The van der Waals surface area contributed by atoms with Crippen LogP contribution >= 0.6 is 0 Å². The number of hydrogen-bond donors (Lipinski definition) is 0. The molecule has 1 aliphatic rings. The van der Waals surface area contributed by atoms with Crippen molar-refractivity contribution in [1.29, 1.82) is 0 Å². The van der Waals surface area contributed by atoms with Gasteiger partial charge in [-0.15, -0.1) is 0 Å². The summed E-state index contributed by atoms with van der Waals surface area (Å²) < 4.78 is 0.